The topological polar surface area (TPSA) is 29.5 Å². The van der Waals surface area contributed by atoms with E-state index < -0.39 is 5.60 Å². The highest BCUT2D eigenvalue weighted by atomic mass is 16.6. The second-order valence-corrected chi connectivity index (χ2v) is 7.71. The normalized spacial score (nSPS) is 20.8. The fourth-order valence-corrected chi connectivity index (χ4v) is 2.99. The third kappa shape index (κ3) is 10.1. The van der Waals surface area contributed by atoms with Crippen LogP contribution in [-0.4, -0.2) is 29.7 Å². The lowest BCUT2D eigenvalue weighted by Crippen LogP contribution is -2.38. The minimum Gasteiger partial charge on any atom is -0.444 e. The molecule has 0 aliphatic carbocycles. The van der Waals surface area contributed by atoms with Crippen LogP contribution in [0.3, 0.4) is 0 Å². The van der Waals surface area contributed by atoms with Gasteiger partial charge in [0.05, 0.1) is 0 Å². The van der Waals surface area contributed by atoms with Gasteiger partial charge in [-0.3, -0.25) is 0 Å². The van der Waals surface area contributed by atoms with Crippen LogP contribution in [0.25, 0.3) is 0 Å². The van der Waals surface area contributed by atoms with Gasteiger partial charge in [-0.15, -0.1) is 0 Å². The van der Waals surface area contributed by atoms with Gasteiger partial charge in [0.15, 0.2) is 0 Å². The molecule has 1 aliphatic heterocycles. The van der Waals surface area contributed by atoms with Crippen molar-refractivity contribution in [2.45, 2.75) is 103 Å². The Morgan fingerprint density at radius 3 is 1.32 bits per heavy atom. The van der Waals surface area contributed by atoms with E-state index in [0.29, 0.717) is 0 Å². The van der Waals surface area contributed by atoms with Gasteiger partial charge < -0.3 is 9.64 Å². The van der Waals surface area contributed by atoms with Crippen LogP contribution in [0.15, 0.2) is 0 Å². The first-order chi connectivity index (χ1) is 10.5. The summed E-state index contributed by atoms with van der Waals surface area (Å²) in [5.74, 6) is 0. The molecule has 0 radical (unpaired) electrons. The largest absolute Gasteiger partial charge is 0.444 e. The summed E-state index contributed by atoms with van der Waals surface area (Å²) >= 11 is 0. The van der Waals surface area contributed by atoms with E-state index >= 15 is 0 Å². The molecule has 130 valence electrons. The Hall–Kier alpha value is -0.730. The molecule has 0 saturated carbocycles. The van der Waals surface area contributed by atoms with Gasteiger partial charge in [0.25, 0.3) is 0 Å². The van der Waals surface area contributed by atoms with Crippen molar-refractivity contribution in [3.63, 3.8) is 0 Å². The number of rotatable bonds is 0. The van der Waals surface area contributed by atoms with Crippen molar-refractivity contribution < 1.29 is 9.53 Å². The summed E-state index contributed by atoms with van der Waals surface area (Å²) in [7, 11) is 0. The van der Waals surface area contributed by atoms with Crippen LogP contribution in [0.2, 0.25) is 0 Å². The smallest absolute Gasteiger partial charge is 0.410 e. The zero-order chi connectivity index (χ0) is 16.3. The Balaban J connectivity index is 2.43. The molecule has 1 saturated heterocycles. The van der Waals surface area contributed by atoms with Crippen molar-refractivity contribution in [2.24, 2.45) is 0 Å². The van der Waals surface area contributed by atoms with Crippen LogP contribution in [0, 0.1) is 0 Å². The van der Waals surface area contributed by atoms with Crippen molar-refractivity contribution >= 4 is 6.09 Å². The summed E-state index contributed by atoms with van der Waals surface area (Å²) in [6, 6.07) is 0. The minimum absolute atomic E-state index is 0.128. The highest BCUT2D eigenvalue weighted by Gasteiger charge is 2.21. The van der Waals surface area contributed by atoms with Gasteiger partial charge in [0.2, 0.25) is 0 Å². The summed E-state index contributed by atoms with van der Waals surface area (Å²) in [6.07, 6.45) is 15.5. The third-order valence-electron chi connectivity index (χ3n) is 4.26. The molecule has 1 amide bonds. The summed E-state index contributed by atoms with van der Waals surface area (Å²) in [5.41, 5.74) is -0.395. The average Bonchev–Trinajstić information content (AvgIpc) is 2.43. The molecule has 0 aromatic rings. The summed E-state index contributed by atoms with van der Waals surface area (Å²) < 4.78 is 5.55. The maximum Gasteiger partial charge on any atom is 0.410 e. The van der Waals surface area contributed by atoms with Gasteiger partial charge in [-0.25, -0.2) is 4.79 Å². The van der Waals surface area contributed by atoms with Crippen molar-refractivity contribution in [3.8, 4) is 0 Å². The lowest BCUT2D eigenvalue weighted by molar-refractivity contribution is 0.0243. The summed E-state index contributed by atoms with van der Waals surface area (Å²) in [5, 5.41) is 0. The van der Waals surface area contributed by atoms with Gasteiger partial charge in [0.1, 0.15) is 5.60 Å². The average molecular weight is 312 g/mol. The number of hydrogen-bond acceptors (Lipinski definition) is 2. The van der Waals surface area contributed by atoms with E-state index in [0.717, 1.165) is 25.9 Å². The van der Waals surface area contributed by atoms with E-state index in [1.165, 1.54) is 64.2 Å². The predicted octanol–water partition coefficient (Wildman–Crippen LogP) is 5.92. The molecule has 3 heteroatoms. The second-order valence-electron chi connectivity index (χ2n) is 7.71. The quantitative estimate of drug-likeness (QED) is 0.556. The minimum atomic E-state index is -0.395. The summed E-state index contributed by atoms with van der Waals surface area (Å²) in [6.45, 7) is 7.54. The van der Waals surface area contributed by atoms with Gasteiger partial charge in [-0.1, -0.05) is 64.2 Å². The first-order valence-electron chi connectivity index (χ1n) is 9.47. The number of amides is 1. The zero-order valence-electron chi connectivity index (χ0n) is 15.2. The number of carbonyl (C=O) groups excluding carboxylic acids is 1. The highest BCUT2D eigenvalue weighted by molar-refractivity contribution is 5.68. The molecule has 1 rings (SSSR count). The van der Waals surface area contributed by atoms with Gasteiger partial charge in [-0.05, 0) is 33.6 Å². The molecule has 0 atom stereocenters. The fourth-order valence-electron chi connectivity index (χ4n) is 2.99. The van der Waals surface area contributed by atoms with Gasteiger partial charge in [-0.2, -0.15) is 0 Å². The first-order valence-corrected chi connectivity index (χ1v) is 9.47. The molecule has 1 heterocycles. The number of nitrogens with zero attached hydrogens (tertiary/aromatic N) is 1. The zero-order valence-corrected chi connectivity index (χ0v) is 15.2. The van der Waals surface area contributed by atoms with Crippen molar-refractivity contribution in [2.75, 3.05) is 13.1 Å². The Morgan fingerprint density at radius 2 is 1.00 bits per heavy atom. The van der Waals surface area contributed by atoms with Crippen LogP contribution < -0.4 is 0 Å². The molecule has 0 spiro atoms. The Bertz CT molecular complexity index is 280. The van der Waals surface area contributed by atoms with Crippen LogP contribution in [0.1, 0.15) is 97.8 Å². The van der Waals surface area contributed by atoms with E-state index in [2.05, 4.69) is 0 Å². The fraction of sp³-hybridized carbons (Fsp3) is 0.947. The number of hydrogen-bond donors (Lipinski definition) is 0. The van der Waals surface area contributed by atoms with Gasteiger partial charge in [0, 0.05) is 13.1 Å². The maximum absolute atomic E-state index is 12.3. The molecule has 0 unspecified atom stereocenters. The van der Waals surface area contributed by atoms with E-state index in [9.17, 15) is 4.79 Å². The summed E-state index contributed by atoms with van der Waals surface area (Å²) in [4.78, 5) is 14.2. The Kier molecular flexibility index (Phi) is 9.58. The lowest BCUT2D eigenvalue weighted by atomic mass is 10.1. The van der Waals surface area contributed by atoms with E-state index in [-0.39, 0.29) is 6.09 Å². The molecular formula is C19H37NO2. The molecule has 0 aromatic carbocycles. The Morgan fingerprint density at radius 1 is 0.682 bits per heavy atom. The molecule has 0 bridgehead atoms. The van der Waals surface area contributed by atoms with Crippen molar-refractivity contribution in [1.82, 2.24) is 4.90 Å². The number of carbonyl (C=O) groups is 1. The predicted molar refractivity (Wildman–Crippen MR) is 93.2 cm³/mol. The molecule has 0 aromatic heterocycles. The molecule has 3 nitrogen and oxygen atoms in total. The second kappa shape index (κ2) is 10.9. The molecule has 22 heavy (non-hydrogen) atoms. The Labute approximate surface area is 137 Å². The monoisotopic (exact) mass is 311 g/mol. The molecule has 1 aliphatic rings. The maximum atomic E-state index is 12.3. The SMILES string of the molecule is CC(C)(C)OC(=O)N1CCCCCCCCCCCCCC1. The van der Waals surface area contributed by atoms with E-state index in [1.807, 2.05) is 25.7 Å². The van der Waals surface area contributed by atoms with Crippen LogP contribution in [-0.2, 0) is 4.74 Å². The molecular weight excluding hydrogens is 274 g/mol. The van der Waals surface area contributed by atoms with Crippen molar-refractivity contribution in [1.29, 1.82) is 0 Å². The number of ether oxygens (including phenoxy) is 1. The van der Waals surface area contributed by atoms with E-state index in [1.54, 1.807) is 0 Å². The lowest BCUT2D eigenvalue weighted by Gasteiger charge is -2.27. The first kappa shape index (κ1) is 19.3. The van der Waals surface area contributed by atoms with E-state index in [4.69, 9.17) is 4.74 Å². The highest BCUT2D eigenvalue weighted by Crippen LogP contribution is 2.15. The standard InChI is InChI=1S/C19H37NO2/c1-19(2,3)22-18(21)20-16-14-12-10-8-6-4-5-7-9-11-13-15-17-20/h4-17H2,1-3H3. The van der Waals surface area contributed by atoms with Crippen LogP contribution in [0.5, 0.6) is 0 Å². The van der Waals surface area contributed by atoms with Crippen LogP contribution in [0.4, 0.5) is 4.79 Å². The van der Waals surface area contributed by atoms with Crippen molar-refractivity contribution in [3.05, 3.63) is 0 Å². The molecule has 1 fully saturated rings. The van der Waals surface area contributed by atoms with Gasteiger partial charge >= 0.3 is 6.09 Å². The third-order valence-corrected chi connectivity index (χ3v) is 4.26. The molecule has 0 N–H and O–H groups in total. The van der Waals surface area contributed by atoms with Crippen LogP contribution >= 0.6 is 0 Å².